The molecule has 0 bridgehead atoms. The Hall–Kier alpha value is -1.90. The van der Waals surface area contributed by atoms with E-state index in [1.807, 2.05) is 0 Å². The molecule has 4 N–H and O–H groups in total. The zero-order valence-electron chi connectivity index (χ0n) is 11.6. The summed E-state index contributed by atoms with van der Waals surface area (Å²) in [5.41, 5.74) is 0. The molecule has 0 aromatic carbocycles. The second-order valence-corrected chi connectivity index (χ2v) is 4.24. The number of ether oxygens (including phenoxy) is 1. The quantitative estimate of drug-likeness (QED) is 0.400. The van der Waals surface area contributed by atoms with Crippen LogP contribution in [0.15, 0.2) is 22.8 Å². The number of carbonyl (C=O) groups excluding carboxylic acids is 1. The first kappa shape index (κ1) is 17.2. The molecule has 8 nitrogen and oxygen atoms in total. The summed E-state index contributed by atoms with van der Waals surface area (Å²) in [6, 6.07) is 2.43. The van der Waals surface area contributed by atoms with Crippen LogP contribution in [-0.4, -0.2) is 54.5 Å². The third kappa shape index (κ3) is 7.45. The highest BCUT2D eigenvalue weighted by molar-refractivity contribution is 5.84. The molecule has 0 radical (unpaired) electrons. The van der Waals surface area contributed by atoms with Gasteiger partial charge in [0.25, 0.3) is 0 Å². The number of furan rings is 1. The monoisotopic (exact) mass is 300 g/mol. The predicted molar refractivity (Wildman–Crippen MR) is 72.5 cm³/mol. The maximum atomic E-state index is 11.7. The van der Waals surface area contributed by atoms with Crippen molar-refractivity contribution in [3.8, 4) is 0 Å². The molecule has 0 aliphatic rings. The van der Waals surface area contributed by atoms with E-state index in [0.29, 0.717) is 5.76 Å². The highest BCUT2D eigenvalue weighted by Gasteiger charge is 2.20. The third-order valence-corrected chi connectivity index (χ3v) is 2.60. The van der Waals surface area contributed by atoms with Gasteiger partial charge in [0, 0.05) is 6.54 Å². The van der Waals surface area contributed by atoms with Gasteiger partial charge in [-0.3, -0.25) is 9.59 Å². The minimum Gasteiger partial charge on any atom is -0.480 e. The number of aliphatic hydroxyl groups excluding tert-OH is 1. The maximum absolute atomic E-state index is 11.7. The number of hydrogen-bond donors (Lipinski definition) is 4. The summed E-state index contributed by atoms with van der Waals surface area (Å²) in [5.74, 6) is -0.895. The molecule has 1 aromatic heterocycles. The molecule has 1 rings (SSSR count). The van der Waals surface area contributed by atoms with Crippen molar-refractivity contribution in [3.05, 3.63) is 24.2 Å². The maximum Gasteiger partial charge on any atom is 0.321 e. The van der Waals surface area contributed by atoms with Crippen LogP contribution >= 0.6 is 0 Å². The van der Waals surface area contributed by atoms with Gasteiger partial charge in [0.15, 0.2) is 0 Å². The van der Waals surface area contributed by atoms with E-state index in [1.54, 1.807) is 12.1 Å². The summed E-state index contributed by atoms with van der Waals surface area (Å²) in [6.45, 7) is 0.874. The van der Waals surface area contributed by atoms with Crippen LogP contribution in [0.3, 0.4) is 0 Å². The fraction of sp³-hybridized carbons (Fsp3) is 0.538. The zero-order chi connectivity index (χ0) is 15.5. The number of aliphatic carboxylic acids is 1. The zero-order valence-corrected chi connectivity index (χ0v) is 11.6. The topological polar surface area (TPSA) is 121 Å². The van der Waals surface area contributed by atoms with Gasteiger partial charge in [0.1, 0.15) is 11.8 Å². The van der Waals surface area contributed by atoms with Crippen molar-refractivity contribution >= 4 is 11.9 Å². The largest absolute Gasteiger partial charge is 0.480 e. The van der Waals surface area contributed by atoms with Crippen LogP contribution in [0.25, 0.3) is 0 Å². The number of nitrogens with one attached hydrogen (secondary N) is 2. The SMILES string of the molecule is O=C(CC(NCCOCCO)C(=O)O)NCc1ccco1. The number of hydrogen-bond acceptors (Lipinski definition) is 6. The van der Waals surface area contributed by atoms with Crippen molar-refractivity contribution in [2.75, 3.05) is 26.4 Å². The first-order valence-corrected chi connectivity index (χ1v) is 6.57. The Balaban J connectivity index is 2.25. The van der Waals surface area contributed by atoms with Gasteiger partial charge in [0.2, 0.25) is 5.91 Å². The Kier molecular flexibility index (Phi) is 8.10. The number of carboxylic acid groups (broad SMARTS) is 1. The van der Waals surface area contributed by atoms with E-state index in [2.05, 4.69) is 10.6 Å². The molecule has 0 saturated carbocycles. The first-order valence-electron chi connectivity index (χ1n) is 6.57. The molecule has 1 amide bonds. The van der Waals surface area contributed by atoms with Crippen LogP contribution in [0.5, 0.6) is 0 Å². The van der Waals surface area contributed by atoms with Gasteiger partial charge in [-0.05, 0) is 12.1 Å². The van der Waals surface area contributed by atoms with Gasteiger partial charge < -0.3 is 30.0 Å². The van der Waals surface area contributed by atoms with E-state index in [0.717, 1.165) is 0 Å². The van der Waals surface area contributed by atoms with Gasteiger partial charge in [-0.15, -0.1) is 0 Å². The Morgan fingerprint density at radius 2 is 2.19 bits per heavy atom. The number of aliphatic hydroxyl groups is 1. The Morgan fingerprint density at radius 3 is 2.81 bits per heavy atom. The molecular weight excluding hydrogens is 280 g/mol. The lowest BCUT2D eigenvalue weighted by atomic mass is 10.2. The molecule has 0 aliphatic heterocycles. The summed E-state index contributed by atoms with van der Waals surface area (Å²) < 4.78 is 10.1. The van der Waals surface area contributed by atoms with Crippen molar-refractivity contribution in [2.45, 2.75) is 19.0 Å². The van der Waals surface area contributed by atoms with Gasteiger partial charge in [-0.1, -0.05) is 0 Å². The van der Waals surface area contributed by atoms with Crippen molar-refractivity contribution in [1.29, 1.82) is 0 Å². The third-order valence-electron chi connectivity index (χ3n) is 2.60. The van der Waals surface area contributed by atoms with Crippen molar-refractivity contribution < 1.29 is 29.0 Å². The van der Waals surface area contributed by atoms with E-state index in [4.69, 9.17) is 19.4 Å². The van der Waals surface area contributed by atoms with Crippen LogP contribution in [-0.2, 0) is 20.9 Å². The average Bonchev–Trinajstić information content (AvgIpc) is 2.96. The fourth-order valence-electron chi connectivity index (χ4n) is 1.58. The lowest BCUT2D eigenvalue weighted by Gasteiger charge is -2.14. The highest BCUT2D eigenvalue weighted by atomic mass is 16.5. The summed E-state index contributed by atoms with van der Waals surface area (Å²) in [5, 5.41) is 22.8. The molecular formula is C13H20N2O6. The molecule has 0 fully saturated rings. The minimum absolute atomic E-state index is 0.0858. The highest BCUT2D eigenvalue weighted by Crippen LogP contribution is 1.99. The summed E-state index contributed by atoms with van der Waals surface area (Å²) in [7, 11) is 0. The average molecular weight is 300 g/mol. The molecule has 0 spiro atoms. The molecule has 1 atom stereocenters. The van der Waals surface area contributed by atoms with Crippen molar-refractivity contribution in [1.82, 2.24) is 10.6 Å². The van der Waals surface area contributed by atoms with Gasteiger partial charge in [0.05, 0.1) is 39.0 Å². The van der Waals surface area contributed by atoms with E-state index in [9.17, 15) is 9.59 Å². The second kappa shape index (κ2) is 9.92. The lowest BCUT2D eigenvalue weighted by Crippen LogP contribution is -2.42. The molecule has 118 valence electrons. The first-order chi connectivity index (χ1) is 10.1. The number of carbonyl (C=O) groups is 2. The molecule has 1 aromatic rings. The number of amides is 1. The van der Waals surface area contributed by atoms with E-state index < -0.39 is 12.0 Å². The molecule has 21 heavy (non-hydrogen) atoms. The fourth-order valence-corrected chi connectivity index (χ4v) is 1.58. The van der Waals surface area contributed by atoms with Crippen LogP contribution in [0.4, 0.5) is 0 Å². The molecule has 0 saturated heterocycles. The minimum atomic E-state index is -1.11. The molecule has 1 unspecified atom stereocenters. The van der Waals surface area contributed by atoms with Crippen LogP contribution in [0.2, 0.25) is 0 Å². The van der Waals surface area contributed by atoms with Crippen LogP contribution in [0, 0.1) is 0 Å². The lowest BCUT2D eigenvalue weighted by molar-refractivity contribution is -0.141. The summed E-state index contributed by atoms with van der Waals surface area (Å²) in [4.78, 5) is 22.7. The Morgan fingerprint density at radius 1 is 1.38 bits per heavy atom. The predicted octanol–water partition coefficient (Wildman–Crippen LogP) is -0.662. The van der Waals surface area contributed by atoms with E-state index >= 15 is 0 Å². The summed E-state index contributed by atoms with van der Waals surface area (Å²) in [6.07, 6.45) is 1.31. The second-order valence-electron chi connectivity index (χ2n) is 4.24. The Labute approximate surface area is 122 Å². The van der Waals surface area contributed by atoms with Gasteiger partial charge in [-0.25, -0.2) is 0 Å². The van der Waals surface area contributed by atoms with Crippen LogP contribution in [0.1, 0.15) is 12.2 Å². The molecule has 1 heterocycles. The van der Waals surface area contributed by atoms with Crippen molar-refractivity contribution in [3.63, 3.8) is 0 Å². The number of carboxylic acids is 1. The summed E-state index contributed by atoms with van der Waals surface area (Å²) >= 11 is 0. The number of rotatable bonds is 11. The molecule has 8 heteroatoms. The van der Waals surface area contributed by atoms with Gasteiger partial charge in [-0.2, -0.15) is 0 Å². The van der Waals surface area contributed by atoms with Crippen LogP contribution < -0.4 is 10.6 Å². The normalized spacial score (nSPS) is 12.0. The van der Waals surface area contributed by atoms with Gasteiger partial charge >= 0.3 is 5.97 Å². The molecule has 0 aliphatic carbocycles. The van der Waals surface area contributed by atoms with Crippen molar-refractivity contribution in [2.24, 2.45) is 0 Å². The smallest absolute Gasteiger partial charge is 0.321 e. The van der Waals surface area contributed by atoms with E-state index in [-0.39, 0.29) is 45.2 Å². The standard InChI is InChI=1S/C13H20N2O6/c16-4-7-20-6-3-14-11(13(18)19)8-12(17)15-9-10-2-1-5-21-10/h1-2,5,11,14,16H,3-4,6-9H2,(H,15,17)(H,18,19). The van der Waals surface area contributed by atoms with E-state index in [1.165, 1.54) is 6.26 Å². The Bertz CT molecular complexity index is 420.